The average molecular weight is 171 g/mol. The summed E-state index contributed by atoms with van der Waals surface area (Å²) in [4.78, 5) is 10.9. The number of rotatable bonds is 2. The molecule has 0 radical (unpaired) electrons. The van der Waals surface area contributed by atoms with Crippen molar-refractivity contribution < 1.29 is 4.79 Å². The second kappa shape index (κ2) is 4.42. The van der Waals surface area contributed by atoms with E-state index in [4.69, 9.17) is 11.5 Å². The largest absolute Gasteiger partial charge is 0.352 e. The van der Waals surface area contributed by atoms with Crippen molar-refractivity contribution in [2.45, 2.75) is 37.8 Å². The summed E-state index contributed by atoms with van der Waals surface area (Å²) in [6.07, 6.45) is 4.00. The van der Waals surface area contributed by atoms with Crippen molar-refractivity contribution in [1.29, 1.82) is 0 Å². The maximum Gasteiger partial charge on any atom is 0.233 e. The lowest BCUT2D eigenvalue weighted by Gasteiger charge is -2.26. The lowest BCUT2D eigenvalue weighted by molar-refractivity contribution is -0.120. The fraction of sp³-hybridized carbons (Fsp3) is 0.875. The number of carbonyl (C=O) groups is 1. The van der Waals surface area contributed by atoms with Crippen molar-refractivity contribution in [1.82, 2.24) is 5.32 Å². The predicted molar refractivity (Wildman–Crippen MR) is 47.4 cm³/mol. The summed E-state index contributed by atoms with van der Waals surface area (Å²) in [5.41, 5.74) is 10.9. The van der Waals surface area contributed by atoms with Crippen LogP contribution in [0.2, 0.25) is 0 Å². The normalized spacial score (nSPS) is 29.8. The summed E-state index contributed by atoms with van der Waals surface area (Å²) < 4.78 is 0. The van der Waals surface area contributed by atoms with Gasteiger partial charge in [0.15, 0.2) is 0 Å². The first-order valence-electron chi connectivity index (χ1n) is 4.47. The second-order valence-electron chi connectivity index (χ2n) is 3.38. The van der Waals surface area contributed by atoms with Gasteiger partial charge >= 0.3 is 0 Å². The highest BCUT2D eigenvalue weighted by atomic mass is 16.1. The van der Waals surface area contributed by atoms with Crippen LogP contribution in [0.25, 0.3) is 0 Å². The minimum Gasteiger partial charge on any atom is -0.352 e. The lowest BCUT2D eigenvalue weighted by atomic mass is 9.92. The molecule has 0 bridgehead atoms. The Hall–Kier alpha value is -0.610. The summed E-state index contributed by atoms with van der Waals surface area (Å²) in [5.74, 6) is -0.0597. The van der Waals surface area contributed by atoms with Crippen molar-refractivity contribution >= 4 is 5.91 Å². The van der Waals surface area contributed by atoms with E-state index in [1.54, 1.807) is 0 Å². The fourth-order valence-electron chi connectivity index (χ4n) is 1.55. The minimum absolute atomic E-state index is 0.0597. The van der Waals surface area contributed by atoms with Crippen LogP contribution in [-0.4, -0.2) is 24.5 Å². The van der Waals surface area contributed by atoms with Crippen LogP contribution in [0.15, 0.2) is 0 Å². The molecule has 70 valence electrons. The van der Waals surface area contributed by atoms with Crippen LogP contribution in [-0.2, 0) is 4.79 Å². The molecule has 0 aromatic heterocycles. The highest BCUT2D eigenvalue weighted by Crippen LogP contribution is 2.16. The SMILES string of the molecule is NCC(=O)NC1CCC(N)CC1. The van der Waals surface area contributed by atoms with Crippen molar-refractivity contribution in [3.05, 3.63) is 0 Å². The van der Waals surface area contributed by atoms with Crippen molar-refractivity contribution in [3.8, 4) is 0 Å². The molecule has 1 aliphatic rings. The monoisotopic (exact) mass is 171 g/mol. The Morgan fingerprint density at radius 2 is 1.92 bits per heavy atom. The van der Waals surface area contributed by atoms with E-state index < -0.39 is 0 Å². The van der Waals surface area contributed by atoms with Gasteiger partial charge in [-0.2, -0.15) is 0 Å². The highest BCUT2D eigenvalue weighted by molar-refractivity contribution is 5.78. The van der Waals surface area contributed by atoms with Crippen LogP contribution in [0.1, 0.15) is 25.7 Å². The maximum atomic E-state index is 10.9. The second-order valence-corrected chi connectivity index (χ2v) is 3.38. The third kappa shape index (κ3) is 2.79. The predicted octanol–water partition coefficient (Wildman–Crippen LogP) is -0.669. The zero-order chi connectivity index (χ0) is 8.97. The Bertz CT molecular complexity index is 152. The van der Waals surface area contributed by atoms with Crippen molar-refractivity contribution in [2.24, 2.45) is 11.5 Å². The van der Waals surface area contributed by atoms with Crippen LogP contribution in [0.3, 0.4) is 0 Å². The number of nitrogens with two attached hydrogens (primary N) is 2. The average Bonchev–Trinajstić information content (AvgIpc) is 2.09. The van der Waals surface area contributed by atoms with E-state index in [9.17, 15) is 4.79 Å². The first-order chi connectivity index (χ1) is 5.72. The molecular formula is C8H17N3O. The molecule has 0 aromatic carbocycles. The van der Waals surface area contributed by atoms with E-state index in [1.807, 2.05) is 0 Å². The molecule has 4 heteroatoms. The molecule has 1 rings (SSSR count). The van der Waals surface area contributed by atoms with Gasteiger partial charge in [0.25, 0.3) is 0 Å². The molecule has 4 nitrogen and oxygen atoms in total. The molecule has 0 heterocycles. The van der Waals surface area contributed by atoms with Crippen molar-refractivity contribution in [2.75, 3.05) is 6.54 Å². The minimum atomic E-state index is -0.0597. The molecule has 1 amide bonds. The Morgan fingerprint density at radius 3 is 2.42 bits per heavy atom. The number of hydrogen-bond acceptors (Lipinski definition) is 3. The number of nitrogens with one attached hydrogen (secondary N) is 1. The Labute approximate surface area is 72.7 Å². The quantitative estimate of drug-likeness (QED) is 0.515. The van der Waals surface area contributed by atoms with Crippen LogP contribution in [0, 0.1) is 0 Å². The molecule has 1 fully saturated rings. The first kappa shape index (κ1) is 9.48. The summed E-state index contributed by atoms with van der Waals surface area (Å²) in [5, 5.41) is 2.87. The molecule has 12 heavy (non-hydrogen) atoms. The molecule has 0 unspecified atom stereocenters. The van der Waals surface area contributed by atoms with Crippen LogP contribution in [0.4, 0.5) is 0 Å². The molecular weight excluding hydrogens is 154 g/mol. The fourth-order valence-corrected chi connectivity index (χ4v) is 1.55. The van der Waals surface area contributed by atoms with Gasteiger partial charge < -0.3 is 16.8 Å². The van der Waals surface area contributed by atoms with Gasteiger partial charge in [-0.15, -0.1) is 0 Å². The van der Waals surface area contributed by atoms with Gasteiger partial charge in [-0.05, 0) is 25.7 Å². The third-order valence-corrected chi connectivity index (χ3v) is 2.32. The standard InChI is InChI=1S/C8H17N3O/c9-5-8(12)11-7-3-1-6(10)2-4-7/h6-7H,1-5,9-10H2,(H,11,12). The zero-order valence-electron chi connectivity index (χ0n) is 7.25. The summed E-state index contributed by atoms with van der Waals surface area (Å²) in [6, 6.07) is 0.636. The Kier molecular flexibility index (Phi) is 3.49. The smallest absolute Gasteiger partial charge is 0.233 e. The van der Waals surface area contributed by atoms with E-state index in [0.29, 0.717) is 12.1 Å². The van der Waals surface area contributed by atoms with Gasteiger partial charge in [-0.25, -0.2) is 0 Å². The zero-order valence-corrected chi connectivity index (χ0v) is 7.25. The van der Waals surface area contributed by atoms with Crippen LogP contribution in [0.5, 0.6) is 0 Å². The van der Waals surface area contributed by atoms with Gasteiger partial charge in [0.05, 0.1) is 6.54 Å². The molecule has 1 aliphatic carbocycles. The van der Waals surface area contributed by atoms with Crippen LogP contribution < -0.4 is 16.8 Å². The topological polar surface area (TPSA) is 81.1 Å². The van der Waals surface area contributed by atoms with Crippen molar-refractivity contribution in [3.63, 3.8) is 0 Å². The summed E-state index contributed by atoms with van der Waals surface area (Å²) >= 11 is 0. The summed E-state index contributed by atoms with van der Waals surface area (Å²) in [7, 11) is 0. The highest BCUT2D eigenvalue weighted by Gasteiger charge is 2.19. The molecule has 0 aromatic rings. The Morgan fingerprint density at radius 1 is 1.33 bits per heavy atom. The maximum absolute atomic E-state index is 10.9. The van der Waals surface area contributed by atoms with E-state index in [1.165, 1.54) is 0 Å². The van der Waals surface area contributed by atoms with Gasteiger partial charge in [0.2, 0.25) is 5.91 Å². The van der Waals surface area contributed by atoms with Crippen LogP contribution >= 0.6 is 0 Å². The van der Waals surface area contributed by atoms with Gasteiger partial charge in [-0.3, -0.25) is 4.79 Å². The van der Waals surface area contributed by atoms with Gasteiger partial charge in [0.1, 0.15) is 0 Å². The number of amides is 1. The van der Waals surface area contributed by atoms with E-state index in [0.717, 1.165) is 25.7 Å². The third-order valence-electron chi connectivity index (χ3n) is 2.32. The molecule has 0 aliphatic heterocycles. The molecule has 0 saturated heterocycles. The molecule has 0 atom stereocenters. The lowest BCUT2D eigenvalue weighted by Crippen LogP contribution is -2.42. The first-order valence-corrected chi connectivity index (χ1v) is 4.47. The number of carbonyl (C=O) groups excluding carboxylic acids is 1. The van der Waals surface area contributed by atoms with E-state index in [-0.39, 0.29) is 12.5 Å². The summed E-state index contributed by atoms with van der Waals surface area (Å²) in [6.45, 7) is 0.0859. The van der Waals surface area contributed by atoms with Gasteiger partial charge in [-0.1, -0.05) is 0 Å². The van der Waals surface area contributed by atoms with E-state index in [2.05, 4.69) is 5.32 Å². The molecule has 0 spiro atoms. The molecule has 5 N–H and O–H groups in total. The van der Waals surface area contributed by atoms with Gasteiger partial charge in [0, 0.05) is 12.1 Å². The van der Waals surface area contributed by atoms with E-state index >= 15 is 0 Å². The number of hydrogen-bond donors (Lipinski definition) is 3. The Balaban J connectivity index is 2.21. The molecule has 1 saturated carbocycles.